The second-order valence-electron chi connectivity index (χ2n) is 6.42. The average molecular weight is 474 g/mol. The van der Waals surface area contributed by atoms with Crippen LogP contribution < -0.4 is 10.1 Å². The van der Waals surface area contributed by atoms with Crippen LogP contribution in [0, 0.1) is 0 Å². The van der Waals surface area contributed by atoms with Crippen molar-refractivity contribution in [2.24, 2.45) is 0 Å². The van der Waals surface area contributed by atoms with Gasteiger partial charge in [0.15, 0.2) is 0 Å². The summed E-state index contributed by atoms with van der Waals surface area (Å²) in [5.41, 5.74) is 2.10. The van der Waals surface area contributed by atoms with Crippen LogP contribution in [-0.2, 0) is 17.9 Å². The van der Waals surface area contributed by atoms with Gasteiger partial charge in [0.05, 0.1) is 23.3 Å². The Bertz CT molecular complexity index is 755. The van der Waals surface area contributed by atoms with Crippen molar-refractivity contribution in [1.82, 2.24) is 10.2 Å². The van der Waals surface area contributed by atoms with E-state index in [0.717, 1.165) is 67.3 Å². The van der Waals surface area contributed by atoms with Crippen LogP contribution in [-0.4, -0.2) is 44.3 Å². The van der Waals surface area contributed by atoms with Gasteiger partial charge in [-0.1, -0.05) is 45.2 Å². The van der Waals surface area contributed by atoms with E-state index in [1.807, 2.05) is 24.3 Å². The molecule has 0 atom stereocenters. The SMILES string of the molecule is Clc1ccc(COc2ccc(Br)cc2CNCCN2CCOCC2)cc1Cl. The van der Waals surface area contributed by atoms with Crippen molar-refractivity contribution >= 4 is 39.1 Å². The normalized spacial score (nSPS) is 15.1. The van der Waals surface area contributed by atoms with Crippen LogP contribution >= 0.6 is 39.1 Å². The van der Waals surface area contributed by atoms with Crippen molar-refractivity contribution in [3.8, 4) is 5.75 Å². The molecule has 0 bridgehead atoms. The lowest BCUT2D eigenvalue weighted by Gasteiger charge is -2.26. The average Bonchev–Trinajstić information content (AvgIpc) is 2.68. The Balaban J connectivity index is 1.53. The van der Waals surface area contributed by atoms with E-state index in [1.54, 1.807) is 6.07 Å². The Morgan fingerprint density at radius 1 is 1.07 bits per heavy atom. The predicted octanol–water partition coefficient (Wildman–Crippen LogP) is 4.76. The summed E-state index contributed by atoms with van der Waals surface area (Å²) < 4.78 is 12.4. The van der Waals surface area contributed by atoms with Crippen molar-refractivity contribution < 1.29 is 9.47 Å². The molecule has 0 radical (unpaired) electrons. The number of halogens is 3. The van der Waals surface area contributed by atoms with Gasteiger partial charge in [-0.3, -0.25) is 4.90 Å². The number of rotatable bonds is 8. The molecule has 1 saturated heterocycles. The highest BCUT2D eigenvalue weighted by Crippen LogP contribution is 2.26. The second kappa shape index (κ2) is 10.6. The molecule has 2 aromatic rings. The summed E-state index contributed by atoms with van der Waals surface area (Å²) in [6.07, 6.45) is 0. The van der Waals surface area contributed by atoms with Gasteiger partial charge < -0.3 is 14.8 Å². The molecular formula is C20H23BrCl2N2O2. The fourth-order valence-electron chi connectivity index (χ4n) is 2.90. The van der Waals surface area contributed by atoms with E-state index in [0.29, 0.717) is 16.7 Å². The Labute approximate surface area is 178 Å². The quantitative estimate of drug-likeness (QED) is 0.560. The standard InChI is InChI=1S/C20H23BrCl2N2O2/c21-17-2-4-20(27-14-15-1-3-18(22)19(23)11-15)16(12-17)13-24-5-6-25-7-9-26-10-8-25/h1-4,11-12,24H,5-10,13-14H2. The van der Waals surface area contributed by atoms with E-state index in [2.05, 4.69) is 32.2 Å². The zero-order valence-corrected chi connectivity index (χ0v) is 18.1. The van der Waals surface area contributed by atoms with E-state index in [1.165, 1.54) is 0 Å². The summed E-state index contributed by atoms with van der Waals surface area (Å²) in [4.78, 5) is 2.42. The molecule has 0 spiro atoms. The van der Waals surface area contributed by atoms with Crippen LogP contribution in [0.25, 0.3) is 0 Å². The Kier molecular flexibility index (Phi) is 8.24. The summed E-state index contributed by atoms with van der Waals surface area (Å²) in [7, 11) is 0. The molecule has 4 nitrogen and oxygen atoms in total. The maximum absolute atomic E-state index is 6.08. The van der Waals surface area contributed by atoms with Crippen molar-refractivity contribution in [2.75, 3.05) is 39.4 Å². The summed E-state index contributed by atoms with van der Waals surface area (Å²) in [6.45, 7) is 6.83. The number of nitrogens with one attached hydrogen (secondary N) is 1. The topological polar surface area (TPSA) is 33.7 Å². The molecule has 27 heavy (non-hydrogen) atoms. The molecule has 146 valence electrons. The predicted molar refractivity (Wildman–Crippen MR) is 114 cm³/mol. The van der Waals surface area contributed by atoms with Gasteiger partial charge in [-0.05, 0) is 35.9 Å². The number of nitrogens with zero attached hydrogens (tertiary/aromatic N) is 1. The Hall–Kier alpha value is -0.820. The third-order valence-corrected chi connectivity index (χ3v) is 5.66. The van der Waals surface area contributed by atoms with E-state index < -0.39 is 0 Å². The van der Waals surface area contributed by atoms with Crippen LogP contribution in [0.5, 0.6) is 5.75 Å². The largest absolute Gasteiger partial charge is 0.489 e. The lowest BCUT2D eigenvalue weighted by molar-refractivity contribution is 0.0384. The van der Waals surface area contributed by atoms with Crippen LogP contribution in [0.1, 0.15) is 11.1 Å². The summed E-state index contributed by atoms with van der Waals surface area (Å²) >= 11 is 15.6. The second-order valence-corrected chi connectivity index (χ2v) is 8.15. The lowest BCUT2D eigenvalue weighted by atomic mass is 10.2. The van der Waals surface area contributed by atoms with Crippen molar-refractivity contribution in [2.45, 2.75) is 13.2 Å². The molecule has 1 aliphatic heterocycles. The molecule has 0 aliphatic carbocycles. The zero-order chi connectivity index (χ0) is 19.1. The van der Waals surface area contributed by atoms with Gasteiger partial charge in [-0.2, -0.15) is 0 Å². The minimum atomic E-state index is 0.444. The van der Waals surface area contributed by atoms with Crippen LogP contribution in [0.2, 0.25) is 10.0 Å². The first-order chi connectivity index (χ1) is 13.1. The molecule has 0 amide bonds. The first-order valence-electron chi connectivity index (χ1n) is 8.98. The molecule has 7 heteroatoms. The molecule has 0 saturated carbocycles. The highest BCUT2D eigenvalue weighted by molar-refractivity contribution is 9.10. The van der Waals surface area contributed by atoms with Crippen LogP contribution in [0.15, 0.2) is 40.9 Å². The minimum absolute atomic E-state index is 0.444. The van der Waals surface area contributed by atoms with Crippen molar-refractivity contribution in [3.05, 3.63) is 62.0 Å². The van der Waals surface area contributed by atoms with Crippen LogP contribution in [0.4, 0.5) is 0 Å². The zero-order valence-electron chi connectivity index (χ0n) is 15.0. The highest BCUT2D eigenvalue weighted by atomic mass is 79.9. The number of hydrogen-bond donors (Lipinski definition) is 1. The fraction of sp³-hybridized carbons (Fsp3) is 0.400. The third-order valence-electron chi connectivity index (χ3n) is 4.42. The summed E-state index contributed by atoms with van der Waals surface area (Å²) in [5, 5.41) is 4.60. The fourth-order valence-corrected chi connectivity index (χ4v) is 3.63. The summed E-state index contributed by atoms with van der Waals surface area (Å²) in [6, 6.07) is 11.6. The van der Waals surface area contributed by atoms with Gasteiger partial charge in [-0.25, -0.2) is 0 Å². The van der Waals surface area contributed by atoms with E-state index in [-0.39, 0.29) is 0 Å². The maximum Gasteiger partial charge on any atom is 0.124 e. The van der Waals surface area contributed by atoms with Gasteiger partial charge in [0.25, 0.3) is 0 Å². The minimum Gasteiger partial charge on any atom is -0.489 e. The molecular weight excluding hydrogens is 451 g/mol. The molecule has 3 rings (SSSR count). The van der Waals surface area contributed by atoms with Crippen molar-refractivity contribution in [3.63, 3.8) is 0 Å². The van der Waals surface area contributed by atoms with E-state index in [9.17, 15) is 0 Å². The van der Waals surface area contributed by atoms with Gasteiger partial charge >= 0.3 is 0 Å². The van der Waals surface area contributed by atoms with Gasteiger partial charge in [0, 0.05) is 42.8 Å². The monoisotopic (exact) mass is 472 g/mol. The third kappa shape index (κ3) is 6.63. The smallest absolute Gasteiger partial charge is 0.124 e. The number of hydrogen-bond acceptors (Lipinski definition) is 4. The van der Waals surface area contributed by atoms with Crippen molar-refractivity contribution in [1.29, 1.82) is 0 Å². The molecule has 1 N–H and O–H groups in total. The molecule has 0 aromatic heterocycles. The van der Waals surface area contributed by atoms with Gasteiger partial charge in [0.2, 0.25) is 0 Å². The molecule has 0 unspecified atom stereocenters. The van der Waals surface area contributed by atoms with Gasteiger partial charge in [-0.15, -0.1) is 0 Å². The maximum atomic E-state index is 6.08. The number of benzene rings is 2. The van der Waals surface area contributed by atoms with Crippen LogP contribution in [0.3, 0.4) is 0 Å². The molecule has 1 fully saturated rings. The Morgan fingerprint density at radius 3 is 2.67 bits per heavy atom. The summed E-state index contributed by atoms with van der Waals surface area (Å²) in [5.74, 6) is 0.864. The van der Waals surface area contributed by atoms with E-state index >= 15 is 0 Å². The first-order valence-corrected chi connectivity index (χ1v) is 10.5. The Morgan fingerprint density at radius 2 is 1.89 bits per heavy atom. The highest BCUT2D eigenvalue weighted by Gasteiger charge is 2.10. The first kappa shape index (κ1) is 20.9. The van der Waals surface area contributed by atoms with E-state index in [4.69, 9.17) is 32.7 Å². The van der Waals surface area contributed by atoms with Gasteiger partial charge in [0.1, 0.15) is 12.4 Å². The molecule has 2 aromatic carbocycles. The number of ether oxygens (including phenoxy) is 2. The number of morpholine rings is 1. The molecule has 1 heterocycles. The molecule has 1 aliphatic rings. The lowest BCUT2D eigenvalue weighted by Crippen LogP contribution is -2.40.